The number of hydrogen-bond donors (Lipinski definition) is 0. The van der Waals surface area contributed by atoms with Crippen LogP contribution in [0.4, 0.5) is 5.69 Å². The summed E-state index contributed by atoms with van der Waals surface area (Å²) >= 11 is 0. The average Bonchev–Trinajstić information content (AvgIpc) is 2.61. The van der Waals surface area contributed by atoms with E-state index in [0.29, 0.717) is 12.0 Å². The molecule has 0 spiro atoms. The summed E-state index contributed by atoms with van der Waals surface area (Å²) < 4.78 is 0. The summed E-state index contributed by atoms with van der Waals surface area (Å²) in [5, 5.41) is 8.53. The normalized spacial score (nSPS) is 18.2. The van der Waals surface area contributed by atoms with Gasteiger partial charge in [0.2, 0.25) is 0 Å². The molecule has 136 valence electrons. The third-order valence-corrected chi connectivity index (χ3v) is 4.92. The van der Waals surface area contributed by atoms with Crippen LogP contribution in [0.5, 0.6) is 0 Å². The highest BCUT2D eigenvalue weighted by Gasteiger charge is 2.24. The number of ketones is 1. The molecule has 1 aliphatic heterocycles. The lowest BCUT2D eigenvalue weighted by atomic mass is 9.88. The quantitative estimate of drug-likeness (QED) is 0.406. The average molecular weight is 348 g/mol. The van der Waals surface area contributed by atoms with E-state index in [4.69, 9.17) is 5.26 Å². The fourth-order valence-electron chi connectivity index (χ4n) is 3.33. The van der Waals surface area contributed by atoms with Crippen LogP contribution in [-0.4, -0.2) is 18.4 Å². The molecule has 1 aromatic carbocycles. The van der Waals surface area contributed by atoms with Gasteiger partial charge in [-0.3, -0.25) is 4.79 Å². The molecule has 3 heteroatoms. The number of carbonyl (C=O) groups is 1. The number of nitrogens with zero attached hydrogens (tertiary/aromatic N) is 2. The number of nitriles is 1. The Labute approximate surface area is 157 Å². The SMILES string of the molecule is CC(/C=C/C=C(\C)c1ccc2c(c1)C(C)CCN2C(C)C)=C\C(=O)C#N. The van der Waals surface area contributed by atoms with E-state index in [2.05, 4.69) is 50.8 Å². The zero-order chi connectivity index (χ0) is 19.3. The van der Waals surface area contributed by atoms with Gasteiger partial charge < -0.3 is 4.90 Å². The minimum absolute atomic E-state index is 0.512. The number of benzene rings is 1. The maximum absolute atomic E-state index is 11.1. The number of rotatable bonds is 5. The molecular weight excluding hydrogens is 320 g/mol. The Morgan fingerprint density at radius 2 is 2.08 bits per heavy atom. The third-order valence-electron chi connectivity index (χ3n) is 4.92. The molecule has 0 fully saturated rings. The minimum Gasteiger partial charge on any atom is -0.369 e. The standard InChI is InChI=1S/C23H28N2O/c1-16(2)25-12-11-19(5)22-14-20(9-10-23(22)25)18(4)8-6-7-17(3)13-21(26)15-24/h6-10,13-14,16,19H,11-12H2,1-5H3/b7-6+,17-13+,18-8+. The van der Waals surface area contributed by atoms with Gasteiger partial charge in [0.1, 0.15) is 6.07 Å². The van der Waals surface area contributed by atoms with E-state index in [1.807, 2.05) is 25.2 Å². The van der Waals surface area contributed by atoms with Crippen LogP contribution in [-0.2, 0) is 4.79 Å². The summed E-state index contributed by atoms with van der Waals surface area (Å²) in [4.78, 5) is 13.6. The highest BCUT2D eigenvalue weighted by molar-refractivity contribution is 6.03. The van der Waals surface area contributed by atoms with Crippen LogP contribution < -0.4 is 4.90 Å². The molecule has 1 heterocycles. The first kappa shape index (κ1) is 19.7. The van der Waals surface area contributed by atoms with Crippen molar-refractivity contribution in [2.75, 3.05) is 11.4 Å². The molecular formula is C23H28N2O. The van der Waals surface area contributed by atoms with Crippen molar-refractivity contribution in [3.05, 3.63) is 59.2 Å². The van der Waals surface area contributed by atoms with Gasteiger partial charge >= 0.3 is 0 Å². The fourth-order valence-corrected chi connectivity index (χ4v) is 3.33. The molecule has 3 nitrogen and oxygen atoms in total. The highest BCUT2D eigenvalue weighted by Crippen LogP contribution is 2.37. The molecule has 0 amide bonds. The van der Waals surface area contributed by atoms with E-state index in [1.165, 1.54) is 34.9 Å². The van der Waals surface area contributed by atoms with E-state index in [1.54, 1.807) is 6.07 Å². The molecule has 0 saturated heterocycles. The van der Waals surface area contributed by atoms with Crippen molar-refractivity contribution in [2.45, 2.75) is 53.0 Å². The number of carbonyl (C=O) groups excluding carboxylic acids is 1. The van der Waals surface area contributed by atoms with Crippen LogP contribution >= 0.6 is 0 Å². The predicted molar refractivity (Wildman–Crippen MR) is 109 cm³/mol. The Kier molecular flexibility index (Phi) is 6.58. The van der Waals surface area contributed by atoms with Gasteiger partial charge in [0, 0.05) is 18.3 Å². The molecule has 1 unspecified atom stereocenters. The van der Waals surface area contributed by atoms with Crippen molar-refractivity contribution in [2.24, 2.45) is 0 Å². The Morgan fingerprint density at radius 1 is 1.35 bits per heavy atom. The molecule has 0 saturated carbocycles. The van der Waals surface area contributed by atoms with Crippen molar-refractivity contribution < 1.29 is 4.79 Å². The maximum Gasteiger partial charge on any atom is 0.255 e. The van der Waals surface area contributed by atoms with Crippen molar-refractivity contribution in [1.29, 1.82) is 5.26 Å². The number of allylic oxidation sites excluding steroid dienone is 6. The number of hydrogen-bond acceptors (Lipinski definition) is 3. The highest BCUT2D eigenvalue weighted by atomic mass is 16.1. The van der Waals surface area contributed by atoms with E-state index in [9.17, 15) is 4.79 Å². The monoisotopic (exact) mass is 348 g/mol. The van der Waals surface area contributed by atoms with E-state index < -0.39 is 5.78 Å². The van der Waals surface area contributed by atoms with Gasteiger partial charge in [0.05, 0.1) is 0 Å². The number of fused-ring (bicyclic) bond motifs is 1. The van der Waals surface area contributed by atoms with Crippen molar-refractivity contribution >= 4 is 17.0 Å². The lowest BCUT2D eigenvalue weighted by Crippen LogP contribution is -2.36. The van der Waals surface area contributed by atoms with E-state index >= 15 is 0 Å². The predicted octanol–water partition coefficient (Wildman–Crippen LogP) is 5.41. The summed E-state index contributed by atoms with van der Waals surface area (Å²) in [5.41, 5.74) is 5.96. The van der Waals surface area contributed by atoms with Gasteiger partial charge in [0.15, 0.2) is 0 Å². The summed E-state index contributed by atoms with van der Waals surface area (Å²) in [7, 11) is 0. The van der Waals surface area contributed by atoms with Gasteiger partial charge in [-0.05, 0) is 80.5 Å². The smallest absolute Gasteiger partial charge is 0.255 e. The van der Waals surface area contributed by atoms with Crippen molar-refractivity contribution in [1.82, 2.24) is 0 Å². The first-order chi connectivity index (χ1) is 12.3. The lowest BCUT2D eigenvalue weighted by molar-refractivity contribution is -0.109. The van der Waals surface area contributed by atoms with E-state index in [-0.39, 0.29) is 0 Å². The maximum atomic E-state index is 11.1. The minimum atomic E-state index is -0.522. The Hall–Kier alpha value is -2.60. The van der Waals surface area contributed by atoms with Gasteiger partial charge in [-0.2, -0.15) is 5.26 Å². The largest absolute Gasteiger partial charge is 0.369 e. The van der Waals surface area contributed by atoms with Crippen LogP contribution in [0, 0.1) is 11.3 Å². The van der Waals surface area contributed by atoms with Crippen LogP contribution in [0.3, 0.4) is 0 Å². The van der Waals surface area contributed by atoms with Crippen LogP contribution in [0.15, 0.2) is 48.1 Å². The molecule has 0 aliphatic carbocycles. The Bertz CT molecular complexity index is 806. The third kappa shape index (κ3) is 4.73. The van der Waals surface area contributed by atoms with Gasteiger partial charge in [0.25, 0.3) is 5.78 Å². The Balaban J connectivity index is 2.24. The van der Waals surface area contributed by atoms with Crippen molar-refractivity contribution in [3.63, 3.8) is 0 Å². The second kappa shape index (κ2) is 8.67. The van der Waals surface area contributed by atoms with Gasteiger partial charge in [-0.15, -0.1) is 0 Å². The topological polar surface area (TPSA) is 44.1 Å². The summed E-state index contributed by atoms with van der Waals surface area (Å²) in [5.74, 6) is 0.0525. The first-order valence-corrected chi connectivity index (χ1v) is 9.21. The molecule has 2 rings (SSSR count). The zero-order valence-corrected chi connectivity index (χ0v) is 16.4. The molecule has 26 heavy (non-hydrogen) atoms. The Morgan fingerprint density at radius 3 is 2.73 bits per heavy atom. The van der Waals surface area contributed by atoms with Gasteiger partial charge in [-0.25, -0.2) is 0 Å². The van der Waals surface area contributed by atoms with Crippen molar-refractivity contribution in [3.8, 4) is 6.07 Å². The lowest BCUT2D eigenvalue weighted by Gasteiger charge is -2.37. The molecule has 0 radical (unpaired) electrons. The second-order valence-electron chi connectivity index (χ2n) is 7.32. The van der Waals surface area contributed by atoms with Gasteiger partial charge in [-0.1, -0.05) is 31.2 Å². The molecule has 0 bridgehead atoms. The summed E-state index contributed by atoms with van der Waals surface area (Å²) in [6, 6.07) is 8.86. The van der Waals surface area contributed by atoms with Crippen LogP contribution in [0.25, 0.3) is 5.57 Å². The number of anilines is 1. The second-order valence-corrected chi connectivity index (χ2v) is 7.32. The summed E-state index contributed by atoms with van der Waals surface area (Å²) in [6.45, 7) is 11.8. The van der Waals surface area contributed by atoms with Crippen LogP contribution in [0.2, 0.25) is 0 Å². The summed E-state index contributed by atoms with van der Waals surface area (Å²) in [6.07, 6.45) is 8.36. The molecule has 1 atom stereocenters. The van der Waals surface area contributed by atoms with E-state index in [0.717, 1.165) is 12.1 Å². The fraction of sp³-hybridized carbons (Fsp3) is 0.391. The molecule has 0 N–H and O–H groups in total. The molecule has 1 aliphatic rings. The molecule has 1 aromatic rings. The zero-order valence-electron chi connectivity index (χ0n) is 16.4. The molecule has 0 aromatic heterocycles. The van der Waals surface area contributed by atoms with Crippen LogP contribution in [0.1, 0.15) is 58.1 Å². The first-order valence-electron chi connectivity index (χ1n) is 9.21.